The lowest BCUT2D eigenvalue weighted by atomic mass is 10.1. The van der Waals surface area contributed by atoms with Crippen LogP contribution in [0.15, 0.2) is 41.3 Å². The molecule has 2 rings (SSSR count). The largest absolute Gasteiger partial charge is 0.366 e. The fourth-order valence-electron chi connectivity index (χ4n) is 1.85. The quantitative estimate of drug-likeness (QED) is 0.905. The summed E-state index contributed by atoms with van der Waals surface area (Å²) < 4.78 is 40.7. The van der Waals surface area contributed by atoms with E-state index in [1.165, 1.54) is 25.1 Å². The Hall–Kier alpha value is -2.41. The fourth-order valence-corrected chi connectivity index (χ4v) is 2.96. The molecule has 0 aliphatic heterocycles. The minimum absolute atomic E-state index is 0.0191. The molecule has 0 saturated heterocycles. The maximum absolute atomic E-state index is 13.8. The van der Waals surface area contributed by atoms with Gasteiger partial charge in [-0.05, 0) is 38.1 Å². The van der Waals surface area contributed by atoms with E-state index >= 15 is 0 Å². The van der Waals surface area contributed by atoms with E-state index in [2.05, 4.69) is 4.72 Å². The number of anilines is 1. The second-order valence-corrected chi connectivity index (χ2v) is 6.60. The van der Waals surface area contributed by atoms with Gasteiger partial charge in [0.25, 0.3) is 10.0 Å². The van der Waals surface area contributed by atoms with Crippen LogP contribution in [0.4, 0.5) is 10.1 Å². The normalized spacial score (nSPS) is 11.2. The third-order valence-electron chi connectivity index (χ3n) is 3.20. The van der Waals surface area contributed by atoms with Crippen LogP contribution in [0.3, 0.4) is 0 Å². The van der Waals surface area contributed by atoms with E-state index in [1.54, 1.807) is 12.1 Å². The van der Waals surface area contributed by atoms with Crippen molar-refractivity contribution in [3.05, 3.63) is 58.9 Å². The summed E-state index contributed by atoms with van der Waals surface area (Å²) in [6, 6.07) is 8.39. The second-order valence-electron chi connectivity index (χ2n) is 4.91. The number of primary amides is 1. The molecule has 1 amide bonds. The van der Waals surface area contributed by atoms with Crippen LogP contribution < -0.4 is 10.5 Å². The van der Waals surface area contributed by atoms with Crippen LogP contribution in [0.1, 0.15) is 21.5 Å². The van der Waals surface area contributed by atoms with Gasteiger partial charge in [-0.2, -0.15) is 0 Å². The van der Waals surface area contributed by atoms with Crippen LogP contribution in [0.2, 0.25) is 0 Å². The lowest BCUT2D eigenvalue weighted by Crippen LogP contribution is -2.16. The second kappa shape index (κ2) is 5.76. The predicted molar refractivity (Wildman–Crippen MR) is 81.6 cm³/mol. The first-order valence-electron chi connectivity index (χ1n) is 6.40. The molecule has 5 nitrogen and oxygen atoms in total. The molecule has 3 N–H and O–H groups in total. The molecule has 116 valence electrons. The SMILES string of the molecule is Cc1ccc(S(=O)(=O)Nc2cc(C(N)=O)cc(F)c2C)cc1. The van der Waals surface area contributed by atoms with Crippen LogP contribution in [0.5, 0.6) is 0 Å². The topological polar surface area (TPSA) is 89.3 Å². The van der Waals surface area contributed by atoms with Crippen molar-refractivity contribution in [2.45, 2.75) is 18.7 Å². The van der Waals surface area contributed by atoms with E-state index < -0.39 is 21.7 Å². The molecule has 0 aliphatic rings. The molecule has 0 bridgehead atoms. The molecule has 0 heterocycles. The molecular weight excluding hydrogens is 307 g/mol. The Balaban J connectivity index is 2.45. The Kier molecular flexibility index (Phi) is 4.18. The smallest absolute Gasteiger partial charge is 0.261 e. The summed E-state index contributed by atoms with van der Waals surface area (Å²) >= 11 is 0. The minimum Gasteiger partial charge on any atom is -0.366 e. The summed E-state index contributed by atoms with van der Waals surface area (Å²) in [6.07, 6.45) is 0. The van der Waals surface area contributed by atoms with Gasteiger partial charge >= 0.3 is 0 Å². The van der Waals surface area contributed by atoms with Crippen molar-refractivity contribution < 1.29 is 17.6 Å². The molecule has 2 aromatic carbocycles. The zero-order valence-electron chi connectivity index (χ0n) is 12.1. The highest BCUT2D eigenvalue weighted by Gasteiger charge is 2.18. The van der Waals surface area contributed by atoms with E-state index in [0.29, 0.717) is 0 Å². The van der Waals surface area contributed by atoms with Gasteiger partial charge in [-0.25, -0.2) is 12.8 Å². The molecule has 0 atom stereocenters. The Labute approximate surface area is 128 Å². The van der Waals surface area contributed by atoms with Gasteiger partial charge in [-0.1, -0.05) is 17.7 Å². The van der Waals surface area contributed by atoms with Gasteiger partial charge in [0.1, 0.15) is 5.82 Å². The van der Waals surface area contributed by atoms with Crippen molar-refractivity contribution in [1.29, 1.82) is 0 Å². The average molecular weight is 322 g/mol. The first-order chi connectivity index (χ1) is 10.2. The number of carbonyl (C=O) groups is 1. The Morgan fingerprint density at radius 1 is 1.14 bits per heavy atom. The number of amides is 1. The molecule has 22 heavy (non-hydrogen) atoms. The number of hydrogen-bond donors (Lipinski definition) is 2. The van der Waals surface area contributed by atoms with Gasteiger partial charge in [0.15, 0.2) is 0 Å². The number of halogens is 1. The number of sulfonamides is 1. The van der Waals surface area contributed by atoms with Crippen LogP contribution in [-0.2, 0) is 10.0 Å². The van der Waals surface area contributed by atoms with Crippen molar-refractivity contribution >= 4 is 21.6 Å². The molecule has 0 aliphatic carbocycles. The van der Waals surface area contributed by atoms with Gasteiger partial charge in [0.05, 0.1) is 10.6 Å². The summed E-state index contributed by atoms with van der Waals surface area (Å²) in [5, 5.41) is 0. The van der Waals surface area contributed by atoms with Crippen molar-refractivity contribution in [1.82, 2.24) is 0 Å². The molecule has 0 unspecified atom stereocenters. The molecular formula is C15H15FN2O3S. The highest BCUT2D eigenvalue weighted by molar-refractivity contribution is 7.92. The summed E-state index contributed by atoms with van der Waals surface area (Å²) in [7, 11) is -3.88. The maximum Gasteiger partial charge on any atom is 0.261 e. The van der Waals surface area contributed by atoms with Gasteiger partial charge < -0.3 is 5.73 Å². The van der Waals surface area contributed by atoms with E-state index in [0.717, 1.165) is 11.6 Å². The first-order valence-corrected chi connectivity index (χ1v) is 7.88. The van der Waals surface area contributed by atoms with Gasteiger partial charge in [0.2, 0.25) is 5.91 Å². The molecule has 7 heteroatoms. The molecule has 2 aromatic rings. The standard InChI is InChI=1S/C15H15FN2O3S/c1-9-3-5-12(6-4-9)22(20,21)18-14-8-11(15(17)19)7-13(16)10(14)2/h3-8,18H,1-2H3,(H2,17,19). The van der Waals surface area contributed by atoms with Gasteiger partial charge in [-0.15, -0.1) is 0 Å². The highest BCUT2D eigenvalue weighted by Crippen LogP contribution is 2.24. The van der Waals surface area contributed by atoms with E-state index in [9.17, 15) is 17.6 Å². The minimum atomic E-state index is -3.88. The average Bonchev–Trinajstić information content (AvgIpc) is 2.43. The predicted octanol–water partition coefficient (Wildman–Crippen LogP) is 2.34. The number of nitrogens with one attached hydrogen (secondary N) is 1. The lowest BCUT2D eigenvalue weighted by molar-refractivity contribution is 0.1000. The molecule has 0 aromatic heterocycles. The monoisotopic (exact) mass is 322 g/mol. The zero-order chi connectivity index (χ0) is 16.5. The van der Waals surface area contributed by atoms with Crippen molar-refractivity contribution in [3.8, 4) is 0 Å². The van der Waals surface area contributed by atoms with Crippen LogP contribution in [0, 0.1) is 19.7 Å². The number of nitrogens with two attached hydrogens (primary N) is 1. The number of aryl methyl sites for hydroxylation is 1. The van der Waals surface area contributed by atoms with Gasteiger partial charge in [-0.3, -0.25) is 9.52 Å². The van der Waals surface area contributed by atoms with Crippen molar-refractivity contribution in [2.24, 2.45) is 5.73 Å². The Morgan fingerprint density at radius 2 is 1.73 bits per heavy atom. The molecule has 0 fully saturated rings. The lowest BCUT2D eigenvalue weighted by Gasteiger charge is -2.12. The fraction of sp³-hybridized carbons (Fsp3) is 0.133. The summed E-state index contributed by atoms with van der Waals surface area (Å²) in [4.78, 5) is 11.2. The number of carbonyl (C=O) groups excluding carboxylic acids is 1. The van der Waals surface area contributed by atoms with Crippen molar-refractivity contribution in [3.63, 3.8) is 0 Å². The van der Waals surface area contributed by atoms with Gasteiger partial charge in [0, 0.05) is 11.1 Å². The summed E-state index contributed by atoms with van der Waals surface area (Å²) in [6.45, 7) is 3.24. The highest BCUT2D eigenvalue weighted by atomic mass is 32.2. The summed E-state index contributed by atoms with van der Waals surface area (Å²) in [5.74, 6) is -1.55. The van der Waals surface area contributed by atoms with Crippen LogP contribution in [-0.4, -0.2) is 14.3 Å². The van der Waals surface area contributed by atoms with Crippen molar-refractivity contribution in [2.75, 3.05) is 4.72 Å². The zero-order valence-corrected chi connectivity index (χ0v) is 12.9. The van der Waals surface area contributed by atoms with Crippen LogP contribution >= 0.6 is 0 Å². The maximum atomic E-state index is 13.8. The third kappa shape index (κ3) is 3.25. The van der Waals surface area contributed by atoms with E-state index in [-0.39, 0.29) is 21.7 Å². The Morgan fingerprint density at radius 3 is 2.27 bits per heavy atom. The molecule has 0 saturated carbocycles. The summed E-state index contributed by atoms with van der Waals surface area (Å²) in [5.41, 5.74) is 5.98. The van der Waals surface area contributed by atoms with E-state index in [1.807, 2.05) is 6.92 Å². The third-order valence-corrected chi connectivity index (χ3v) is 4.59. The number of rotatable bonds is 4. The first kappa shape index (κ1) is 16.0. The molecule has 0 spiro atoms. The number of benzene rings is 2. The van der Waals surface area contributed by atoms with Crippen LogP contribution in [0.25, 0.3) is 0 Å². The molecule has 0 radical (unpaired) electrons. The number of hydrogen-bond acceptors (Lipinski definition) is 3. The Bertz CT molecular complexity index is 831. The van der Waals surface area contributed by atoms with E-state index in [4.69, 9.17) is 5.73 Å².